The van der Waals surface area contributed by atoms with Crippen LogP contribution in [0.4, 0.5) is 11.4 Å². The number of anilines is 2. The maximum absolute atomic E-state index is 13.3. The number of amides is 2. The van der Waals surface area contributed by atoms with Gasteiger partial charge in [-0.2, -0.15) is 0 Å². The molecule has 2 aliphatic rings. The minimum Gasteiger partial charge on any atom is -0.325 e. The number of hydrogen-bond donors (Lipinski definition) is 1. The Bertz CT molecular complexity index is 1040. The SMILES string of the molecule is O=C(Nc1ccc2c(c1)CCN2C(=O)C1CC1)C(c1ccccc1)c1ccccc1. The molecule has 3 aromatic carbocycles. The van der Waals surface area contributed by atoms with Gasteiger partial charge >= 0.3 is 0 Å². The number of benzene rings is 3. The molecule has 2 amide bonds. The standard InChI is InChI=1S/C26H24N2O2/c29-25(24(18-7-3-1-4-8-18)19-9-5-2-6-10-19)27-22-13-14-23-21(17-22)15-16-28(23)26(30)20-11-12-20/h1-10,13-14,17,20,24H,11-12,15-16H2,(H,27,29). The summed E-state index contributed by atoms with van der Waals surface area (Å²) in [4.78, 5) is 27.7. The molecule has 0 spiro atoms. The molecule has 5 rings (SSSR count). The van der Waals surface area contributed by atoms with Crippen molar-refractivity contribution in [3.05, 3.63) is 95.6 Å². The molecular formula is C26H24N2O2. The van der Waals surface area contributed by atoms with Crippen LogP contribution in [-0.4, -0.2) is 18.4 Å². The quantitative estimate of drug-likeness (QED) is 0.676. The predicted molar refractivity (Wildman–Crippen MR) is 119 cm³/mol. The first kappa shape index (κ1) is 18.6. The third-order valence-corrected chi connectivity index (χ3v) is 5.96. The van der Waals surface area contributed by atoms with Gasteiger partial charge in [0.15, 0.2) is 0 Å². The van der Waals surface area contributed by atoms with Gasteiger partial charge in [0.25, 0.3) is 0 Å². The highest BCUT2D eigenvalue weighted by Crippen LogP contribution is 2.37. The van der Waals surface area contributed by atoms with Crippen LogP contribution in [0.5, 0.6) is 0 Å². The van der Waals surface area contributed by atoms with Crippen molar-refractivity contribution in [1.82, 2.24) is 0 Å². The van der Waals surface area contributed by atoms with Crippen LogP contribution >= 0.6 is 0 Å². The lowest BCUT2D eigenvalue weighted by Gasteiger charge is -2.19. The van der Waals surface area contributed by atoms with Gasteiger partial charge in [-0.1, -0.05) is 60.7 Å². The third-order valence-electron chi connectivity index (χ3n) is 5.96. The van der Waals surface area contributed by atoms with Gasteiger partial charge in [-0.05, 0) is 54.2 Å². The Hall–Kier alpha value is -3.40. The predicted octanol–water partition coefficient (Wildman–Crippen LogP) is 4.76. The van der Waals surface area contributed by atoms with Crippen LogP contribution in [0.2, 0.25) is 0 Å². The van der Waals surface area contributed by atoms with E-state index >= 15 is 0 Å². The molecule has 3 aromatic rings. The summed E-state index contributed by atoms with van der Waals surface area (Å²) in [6.07, 6.45) is 2.86. The first-order valence-electron chi connectivity index (χ1n) is 10.6. The maximum Gasteiger partial charge on any atom is 0.236 e. The molecule has 4 nitrogen and oxygen atoms in total. The molecule has 1 N–H and O–H groups in total. The lowest BCUT2D eigenvalue weighted by atomic mass is 9.90. The third kappa shape index (κ3) is 3.61. The Labute approximate surface area is 176 Å². The number of rotatable bonds is 5. The highest BCUT2D eigenvalue weighted by molar-refractivity contribution is 6.00. The van der Waals surface area contributed by atoms with Gasteiger partial charge in [-0.15, -0.1) is 0 Å². The van der Waals surface area contributed by atoms with Gasteiger partial charge in [0.1, 0.15) is 0 Å². The van der Waals surface area contributed by atoms with Crippen molar-refractivity contribution >= 4 is 23.2 Å². The number of carbonyl (C=O) groups excluding carboxylic acids is 2. The minimum absolute atomic E-state index is 0.0590. The van der Waals surface area contributed by atoms with Gasteiger partial charge < -0.3 is 10.2 Å². The molecule has 1 saturated carbocycles. The fourth-order valence-corrected chi connectivity index (χ4v) is 4.26. The molecule has 1 aliphatic heterocycles. The van der Waals surface area contributed by atoms with Crippen molar-refractivity contribution in [3.8, 4) is 0 Å². The zero-order chi connectivity index (χ0) is 20.5. The molecule has 150 valence electrons. The number of nitrogens with zero attached hydrogens (tertiary/aromatic N) is 1. The maximum atomic E-state index is 13.3. The van der Waals surface area contributed by atoms with E-state index in [0.717, 1.165) is 53.9 Å². The molecule has 1 heterocycles. The summed E-state index contributed by atoms with van der Waals surface area (Å²) < 4.78 is 0. The molecule has 0 radical (unpaired) electrons. The Morgan fingerprint density at radius 1 is 0.867 bits per heavy atom. The minimum atomic E-state index is -0.381. The number of fused-ring (bicyclic) bond motifs is 1. The summed E-state index contributed by atoms with van der Waals surface area (Å²) >= 11 is 0. The van der Waals surface area contributed by atoms with Crippen molar-refractivity contribution < 1.29 is 9.59 Å². The van der Waals surface area contributed by atoms with Crippen molar-refractivity contribution in [3.63, 3.8) is 0 Å². The van der Waals surface area contributed by atoms with Crippen molar-refractivity contribution in [2.45, 2.75) is 25.2 Å². The number of hydrogen-bond acceptors (Lipinski definition) is 2. The molecule has 1 aliphatic carbocycles. The van der Waals surface area contributed by atoms with Crippen molar-refractivity contribution in [1.29, 1.82) is 0 Å². The monoisotopic (exact) mass is 396 g/mol. The second-order valence-electron chi connectivity index (χ2n) is 8.10. The van der Waals surface area contributed by atoms with E-state index in [-0.39, 0.29) is 23.7 Å². The molecule has 30 heavy (non-hydrogen) atoms. The molecule has 0 atom stereocenters. The van der Waals surface area contributed by atoms with Crippen LogP contribution in [-0.2, 0) is 16.0 Å². The molecule has 4 heteroatoms. The van der Waals surface area contributed by atoms with Crippen LogP contribution in [0, 0.1) is 5.92 Å². The van der Waals surface area contributed by atoms with Gasteiger partial charge in [0, 0.05) is 23.8 Å². The van der Waals surface area contributed by atoms with E-state index in [1.807, 2.05) is 83.8 Å². The first-order valence-corrected chi connectivity index (χ1v) is 10.6. The summed E-state index contributed by atoms with van der Waals surface area (Å²) in [5.74, 6) is 0.0245. The van der Waals surface area contributed by atoms with E-state index in [1.165, 1.54) is 0 Å². The molecule has 0 aromatic heterocycles. The van der Waals surface area contributed by atoms with Gasteiger partial charge in [-0.3, -0.25) is 9.59 Å². The van der Waals surface area contributed by atoms with E-state index in [4.69, 9.17) is 0 Å². The van der Waals surface area contributed by atoms with Crippen molar-refractivity contribution in [2.75, 3.05) is 16.8 Å². The van der Waals surface area contributed by atoms with Gasteiger partial charge in [0.05, 0.1) is 5.92 Å². The Morgan fingerprint density at radius 2 is 1.50 bits per heavy atom. The second kappa shape index (κ2) is 7.79. The summed E-state index contributed by atoms with van der Waals surface area (Å²) in [7, 11) is 0. The fourth-order valence-electron chi connectivity index (χ4n) is 4.26. The van der Waals surface area contributed by atoms with Crippen LogP contribution in [0.15, 0.2) is 78.9 Å². The highest BCUT2D eigenvalue weighted by Gasteiger charge is 2.36. The zero-order valence-corrected chi connectivity index (χ0v) is 16.8. The average Bonchev–Trinajstić information content (AvgIpc) is 3.54. The lowest BCUT2D eigenvalue weighted by Crippen LogP contribution is -2.30. The summed E-state index contributed by atoms with van der Waals surface area (Å²) in [6.45, 7) is 0.735. The molecule has 1 fully saturated rings. The van der Waals surface area contributed by atoms with Crippen LogP contribution < -0.4 is 10.2 Å². The molecule has 0 unspecified atom stereocenters. The van der Waals surface area contributed by atoms with E-state index in [9.17, 15) is 9.59 Å². The average molecular weight is 396 g/mol. The molecular weight excluding hydrogens is 372 g/mol. The summed E-state index contributed by atoms with van der Waals surface area (Å²) in [6, 6.07) is 25.6. The van der Waals surface area contributed by atoms with Gasteiger partial charge in [-0.25, -0.2) is 0 Å². The largest absolute Gasteiger partial charge is 0.325 e. The zero-order valence-electron chi connectivity index (χ0n) is 16.8. The summed E-state index contributed by atoms with van der Waals surface area (Å²) in [5, 5.41) is 3.11. The van der Waals surface area contributed by atoms with Crippen LogP contribution in [0.1, 0.15) is 35.4 Å². The Balaban J connectivity index is 1.39. The van der Waals surface area contributed by atoms with Crippen LogP contribution in [0.25, 0.3) is 0 Å². The summed E-state index contributed by atoms with van der Waals surface area (Å²) in [5.41, 5.74) is 4.81. The van der Waals surface area contributed by atoms with E-state index < -0.39 is 0 Å². The highest BCUT2D eigenvalue weighted by atomic mass is 16.2. The molecule has 0 bridgehead atoms. The normalized spacial score (nSPS) is 15.2. The molecule has 0 saturated heterocycles. The first-order chi connectivity index (χ1) is 14.7. The Kier molecular flexibility index (Phi) is 4.83. The van der Waals surface area contributed by atoms with Crippen molar-refractivity contribution in [2.24, 2.45) is 5.92 Å². The topological polar surface area (TPSA) is 49.4 Å². The smallest absolute Gasteiger partial charge is 0.236 e. The van der Waals surface area contributed by atoms with E-state index in [0.29, 0.717) is 0 Å². The Morgan fingerprint density at radius 3 is 2.10 bits per heavy atom. The number of nitrogens with one attached hydrogen (secondary N) is 1. The second-order valence-corrected chi connectivity index (χ2v) is 8.10. The van der Waals surface area contributed by atoms with Crippen LogP contribution in [0.3, 0.4) is 0 Å². The van der Waals surface area contributed by atoms with E-state index in [2.05, 4.69) is 5.32 Å². The number of carbonyl (C=O) groups is 2. The lowest BCUT2D eigenvalue weighted by molar-refractivity contribution is -0.119. The van der Waals surface area contributed by atoms with E-state index in [1.54, 1.807) is 0 Å². The van der Waals surface area contributed by atoms with Gasteiger partial charge in [0.2, 0.25) is 11.8 Å². The fraction of sp³-hybridized carbons (Fsp3) is 0.231.